The Labute approximate surface area is 155 Å². The molecule has 1 aliphatic carbocycles. The number of rotatable bonds is 4. The summed E-state index contributed by atoms with van der Waals surface area (Å²) in [5.41, 5.74) is 2.94. The lowest BCUT2D eigenvalue weighted by Gasteiger charge is -2.38. The molecule has 1 aromatic heterocycles. The molecular formula is C22H27N3O. The maximum atomic E-state index is 11.4. The van der Waals surface area contributed by atoms with E-state index in [2.05, 4.69) is 21.9 Å². The van der Waals surface area contributed by atoms with Crippen LogP contribution >= 0.6 is 0 Å². The van der Waals surface area contributed by atoms with Crippen LogP contribution < -0.4 is 4.90 Å². The molecule has 4 nitrogen and oxygen atoms in total. The van der Waals surface area contributed by atoms with Gasteiger partial charge >= 0.3 is 0 Å². The lowest BCUT2D eigenvalue weighted by Crippen LogP contribution is -2.49. The van der Waals surface area contributed by atoms with Gasteiger partial charge in [0.25, 0.3) is 0 Å². The number of hydrogen-bond acceptors (Lipinski definition) is 4. The first kappa shape index (κ1) is 17.2. The Morgan fingerprint density at radius 2 is 1.58 bits per heavy atom. The van der Waals surface area contributed by atoms with E-state index in [-0.39, 0.29) is 5.78 Å². The lowest BCUT2D eigenvalue weighted by atomic mass is 10.0. The summed E-state index contributed by atoms with van der Waals surface area (Å²) in [6, 6.07) is 12.8. The summed E-state index contributed by atoms with van der Waals surface area (Å²) in [6.07, 6.45) is 7.52. The second-order valence-electron chi connectivity index (χ2n) is 7.50. The van der Waals surface area contributed by atoms with E-state index in [1.807, 2.05) is 30.5 Å². The first-order chi connectivity index (χ1) is 12.7. The lowest BCUT2D eigenvalue weighted by molar-refractivity contribution is 0.101. The highest BCUT2D eigenvalue weighted by atomic mass is 16.1. The molecule has 2 aromatic rings. The zero-order valence-electron chi connectivity index (χ0n) is 15.5. The van der Waals surface area contributed by atoms with Crippen molar-refractivity contribution in [3.63, 3.8) is 0 Å². The molecule has 0 N–H and O–H groups in total. The van der Waals surface area contributed by atoms with E-state index in [0.29, 0.717) is 0 Å². The molecular weight excluding hydrogens is 322 g/mol. The summed E-state index contributed by atoms with van der Waals surface area (Å²) < 4.78 is 0. The largest absolute Gasteiger partial charge is 0.354 e. The number of carbonyl (C=O) groups excluding carboxylic acids is 1. The van der Waals surface area contributed by atoms with Crippen LogP contribution in [-0.2, 0) is 0 Å². The van der Waals surface area contributed by atoms with Gasteiger partial charge in [0.15, 0.2) is 5.78 Å². The minimum atomic E-state index is 0.0989. The van der Waals surface area contributed by atoms with Gasteiger partial charge in [0, 0.05) is 49.5 Å². The number of nitrogens with zero attached hydrogens (tertiary/aromatic N) is 3. The van der Waals surface area contributed by atoms with Crippen molar-refractivity contribution in [1.82, 2.24) is 9.88 Å². The Balaban J connectivity index is 1.39. The van der Waals surface area contributed by atoms with Crippen LogP contribution in [0.5, 0.6) is 0 Å². The first-order valence-corrected chi connectivity index (χ1v) is 9.77. The molecule has 136 valence electrons. The minimum Gasteiger partial charge on any atom is -0.354 e. The summed E-state index contributed by atoms with van der Waals surface area (Å²) in [5, 5.41) is 0. The van der Waals surface area contributed by atoms with Crippen molar-refractivity contribution >= 4 is 11.6 Å². The summed E-state index contributed by atoms with van der Waals surface area (Å²) in [5.74, 6) is 1.17. The smallest absolute Gasteiger partial charge is 0.159 e. The van der Waals surface area contributed by atoms with Crippen LogP contribution in [-0.4, -0.2) is 47.9 Å². The van der Waals surface area contributed by atoms with Crippen molar-refractivity contribution in [1.29, 1.82) is 0 Å². The molecule has 2 heterocycles. The Hall–Kier alpha value is -2.20. The highest BCUT2D eigenvalue weighted by Crippen LogP contribution is 2.26. The number of hydrogen-bond donors (Lipinski definition) is 0. The van der Waals surface area contributed by atoms with Crippen molar-refractivity contribution in [3.05, 3.63) is 48.2 Å². The Morgan fingerprint density at radius 3 is 2.15 bits per heavy atom. The zero-order chi connectivity index (χ0) is 17.9. The number of carbonyl (C=O) groups is 1. The highest BCUT2D eigenvalue weighted by Gasteiger charge is 2.26. The fourth-order valence-corrected chi connectivity index (χ4v) is 4.23. The van der Waals surface area contributed by atoms with Crippen molar-refractivity contribution in [2.45, 2.75) is 38.6 Å². The number of aromatic nitrogens is 1. The average molecular weight is 349 g/mol. The van der Waals surface area contributed by atoms with Gasteiger partial charge in [-0.1, -0.05) is 37.1 Å². The Kier molecular flexibility index (Phi) is 5.02. The van der Waals surface area contributed by atoms with Gasteiger partial charge in [-0.15, -0.1) is 0 Å². The van der Waals surface area contributed by atoms with E-state index in [4.69, 9.17) is 4.98 Å². The van der Waals surface area contributed by atoms with Gasteiger partial charge in [-0.05, 0) is 37.5 Å². The van der Waals surface area contributed by atoms with Crippen molar-refractivity contribution in [2.75, 3.05) is 31.1 Å². The third-order valence-corrected chi connectivity index (χ3v) is 5.85. The minimum absolute atomic E-state index is 0.0989. The number of benzene rings is 1. The van der Waals surface area contributed by atoms with E-state index in [9.17, 15) is 4.79 Å². The van der Waals surface area contributed by atoms with Crippen LogP contribution in [0, 0.1) is 0 Å². The van der Waals surface area contributed by atoms with Gasteiger partial charge < -0.3 is 4.90 Å². The molecule has 0 amide bonds. The molecule has 0 bridgehead atoms. The predicted molar refractivity (Wildman–Crippen MR) is 106 cm³/mol. The molecule has 1 aromatic carbocycles. The zero-order valence-corrected chi connectivity index (χ0v) is 15.5. The maximum Gasteiger partial charge on any atom is 0.159 e. The van der Waals surface area contributed by atoms with Gasteiger partial charge in [0.1, 0.15) is 5.82 Å². The standard InChI is InChI=1S/C22H27N3O/c1-17(26)18-6-8-19(9-7-18)20-10-11-22(23-16-20)25-14-12-24(13-15-25)21-4-2-3-5-21/h6-11,16,21H,2-5,12-15H2,1H3. The number of pyridine rings is 1. The van der Waals surface area contributed by atoms with Crippen LogP contribution in [0.3, 0.4) is 0 Å². The third-order valence-electron chi connectivity index (χ3n) is 5.85. The molecule has 1 saturated heterocycles. The molecule has 1 saturated carbocycles. The summed E-state index contributed by atoms with van der Waals surface area (Å²) >= 11 is 0. The fourth-order valence-electron chi connectivity index (χ4n) is 4.23. The summed E-state index contributed by atoms with van der Waals surface area (Å²) in [7, 11) is 0. The van der Waals surface area contributed by atoms with E-state index in [1.165, 1.54) is 25.7 Å². The Morgan fingerprint density at radius 1 is 0.923 bits per heavy atom. The molecule has 0 radical (unpaired) electrons. The molecule has 4 heteroatoms. The molecule has 26 heavy (non-hydrogen) atoms. The fraction of sp³-hybridized carbons (Fsp3) is 0.455. The summed E-state index contributed by atoms with van der Waals surface area (Å²) in [6.45, 7) is 6.03. The SMILES string of the molecule is CC(=O)c1ccc(-c2ccc(N3CCN(C4CCCC4)CC3)nc2)cc1. The normalized spacial score (nSPS) is 19.0. The summed E-state index contributed by atoms with van der Waals surface area (Å²) in [4.78, 5) is 21.2. The van der Waals surface area contributed by atoms with Gasteiger partial charge in [0.2, 0.25) is 0 Å². The number of anilines is 1. The molecule has 0 spiro atoms. The van der Waals surface area contributed by atoms with E-state index >= 15 is 0 Å². The maximum absolute atomic E-state index is 11.4. The second kappa shape index (κ2) is 7.58. The van der Waals surface area contributed by atoms with Crippen molar-refractivity contribution < 1.29 is 4.79 Å². The molecule has 4 rings (SSSR count). The first-order valence-electron chi connectivity index (χ1n) is 9.77. The van der Waals surface area contributed by atoms with Crippen LogP contribution in [0.25, 0.3) is 11.1 Å². The molecule has 1 aliphatic heterocycles. The number of Topliss-reactive ketones (excluding diaryl/α,β-unsaturated/α-hetero) is 1. The molecule has 0 atom stereocenters. The van der Waals surface area contributed by atoms with Crippen molar-refractivity contribution in [2.24, 2.45) is 0 Å². The van der Waals surface area contributed by atoms with Crippen LogP contribution in [0.1, 0.15) is 43.0 Å². The highest BCUT2D eigenvalue weighted by molar-refractivity contribution is 5.94. The van der Waals surface area contributed by atoms with Crippen LogP contribution in [0.4, 0.5) is 5.82 Å². The van der Waals surface area contributed by atoms with E-state index < -0.39 is 0 Å². The average Bonchev–Trinajstić information content (AvgIpc) is 3.23. The van der Waals surface area contributed by atoms with Gasteiger partial charge in [-0.3, -0.25) is 9.69 Å². The van der Waals surface area contributed by atoms with Gasteiger partial charge in [0.05, 0.1) is 0 Å². The topological polar surface area (TPSA) is 36.4 Å². The van der Waals surface area contributed by atoms with Crippen LogP contribution in [0.15, 0.2) is 42.6 Å². The van der Waals surface area contributed by atoms with E-state index in [1.54, 1.807) is 6.92 Å². The van der Waals surface area contributed by atoms with Gasteiger partial charge in [-0.25, -0.2) is 4.98 Å². The number of ketones is 1. The molecule has 0 unspecified atom stereocenters. The van der Waals surface area contributed by atoms with Crippen LogP contribution in [0.2, 0.25) is 0 Å². The number of piperazine rings is 1. The second-order valence-corrected chi connectivity index (χ2v) is 7.50. The third kappa shape index (κ3) is 3.65. The van der Waals surface area contributed by atoms with E-state index in [0.717, 1.165) is 54.7 Å². The predicted octanol–water partition coefficient (Wildman–Crippen LogP) is 4.02. The molecule has 2 aliphatic rings. The van der Waals surface area contributed by atoms with Gasteiger partial charge in [-0.2, -0.15) is 0 Å². The van der Waals surface area contributed by atoms with Crippen molar-refractivity contribution in [3.8, 4) is 11.1 Å². The Bertz CT molecular complexity index is 740. The monoisotopic (exact) mass is 349 g/mol. The molecule has 2 fully saturated rings. The quantitative estimate of drug-likeness (QED) is 0.781.